The van der Waals surface area contributed by atoms with Crippen molar-refractivity contribution in [2.24, 2.45) is 0 Å². The van der Waals surface area contributed by atoms with Crippen LogP contribution in [0.25, 0.3) is 22.3 Å². The molecule has 0 atom stereocenters. The van der Waals surface area contributed by atoms with E-state index in [1.807, 2.05) is 13.8 Å². The molecule has 0 radical (unpaired) electrons. The van der Waals surface area contributed by atoms with E-state index in [1.54, 1.807) is 24.3 Å². The van der Waals surface area contributed by atoms with Gasteiger partial charge in [0.15, 0.2) is 0 Å². The predicted molar refractivity (Wildman–Crippen MR) is 108 cm³/mol. The number of hydrogen-bond acceptors (Lipinski definition) is 4. The summed E-state index contributed by atoms with van der Waals surface area (Å²) in [4.78, 5) is 24.3. The van der Waals surface area contributed by atoms with Crippen LogP contribution in [0.3, 0.4) is 0 Å². The average Bonchev–Trinajstić information content (AvgIpc) is 3.04. The SMILES string of the molecule is CNC(=O)c1c(-c2ccc(F)cc2)oc2cc(C(C)(C)NC(C)=O)c(OC)cc12. The van der Waals surface area contributed by atoms with Crippen LogP contribution in [0.4, 0.5) is 4.39 Å². The number of amides is 2. The Morgan fingerprint density at radius 3 is 2.34 bits per heavy atom. The minimum atomic E-state index is -0.735. The van der Waals surface area contributed by atoms with Gasteiger partial charge in [-0.05, 0) is 50.2 Å². The highest BCUT2D eigenvalue weighted by Gasteiger charge is 2.29. The maximum Gasteiger partial charge on any atom is 0.255 e. The first kappa shape index (κ1) is 20.4. The standard InChI is InChI=1S/C22H23FN2O4/c1-12(26)25-22(2,3)16-11-17-15(10-18(16)28-5)19(21(27)24-4)20(29-17)13-6-8-14(23)9-7-13/h6-11H,1-5H3,(H,24,27)(H,25,26). The van der Waals surface area contributed by atoms with Crippen LogP contribution in [-0.4, -0.2) is 26.0 Å². The number of furan rings is 1. The molecular weight excluding hydrogens is 375 g/mol. The number of rotatable bonds is 5. The van der Waals surface area contributed by atoms with Crippen LogP contribution in [0.5, 0.6) is 5.75 Å². The van der Waals surface area contributed by atoms with E-state index in [-0.39, 0.29) is 17.6 Å². The molecule has 0 bridgehead atoms. The lowest BCUT2D eigenvalue weighted by Crippen LogP contribution is -2.39. The molecule has 1 aromatic heterocycles. The second kappa shape index (κ2) is 7.58. The molecule has 0 aliphatic rings. The summed E-state index contributed by atoms with van der Waals surface area (Å²) in [6.07, 6.45) is 0. The number of fused-ring (bicyclic) bond motifs is 1. The Morgan fingerprint density at radius 2 is 1.79 bits per heavy atom. The molecule has 6 nitrogen and oxygen atoms in total. The number of halogens is 1. The highest BCUT2D eigenvalue weighted by molar-refractivity contribution is 6.11. The van der Waals surface area contributed by atoms with Gasteiger partial charge >= 0.3 is 0 Å². The van der Waals surface area contributed by atoms with Crippen LogP contribution in [0.1, 0.15) is 36.7 Å². The van der Waals surface area contributed by atoms with Crippen LogP contribution in [0.2, 0.25) is 0 Å². The lowest BCUT2D eigenvalue weighted by Gasteiger charge is -2.28. The van der Waals surface area contributed by atoms with Crippen molar-refractivity contribution in [2.45, 2.75) is 26.3 Å². The van der Waals surface area contributed by atoms with E-state index < -0.39 is 5.54 Å². The van der Waals surface area contributed by atoms with Gasteiger partial charge in [-0.25, -0.2) is 4.39 Å². The van der Waals surface area contributed by atoms with Gasteiger partial charge in [0.25, 0.3) is 5.91 Å². The largest absolute Gasteiger partial charge is 0.496 e. The van der Waals surface area contributed by atoms with Crippen molar-refractivity contribution in [3.63, 3.8) is 0 Å². The quantitative estimate of drug-likeness (QED) is 0.681. The topological polar surface area (TPSA) is 80.6 Å². The number of carbonyl (C=O) groups is 2. The number of hydrogen-bond donors (Lipinski definition) is 2. The third-order valence-corrected chi connectivity index (χ3v) is 4.73. The lowest BCUT2D eigenvalue weighted by molar-refractivity contribution is -0.120. The molecule has 2 N–H and O–H groups in total. The minimum absolute atomic E-state index is 0.186. The van der Waals surface area contributed by atoms with E-state index in [9.17, 15) is 14.0 Å². The third-order valence-electron chi connectivity index (χ3n) is 4.73. The average molecular weight is 398 g/mol. The van der Waals surface area contributed by atoms with Crippen molar-refractivity contribution in [1.82, 2.24) is 10.6 Å². The van der Waals surface area contributed by atoms with Crippen molar-refractivity contribution in [2.75, 3.05) is 14.2 Å². The Morgan fingerprint density at radius 1 is 1.14 bits per heavy atom. The summed E-state index contributed by atoms with van der Waals surface area (Å²) in [6, 6.07) is 9.20. The van der Waals surface area contributed by atoms with Gasteiger partial charge in [0.2, 0.25) is 5.91 Å². The molecule has 0 unspecified atom stereocenters. The smallest absolute Gasteiger partial charge is 0.255 e. The molecule has 0 saturated carbocycles. The molecular formula is C22H23FN2O4. The number of carbonyl (C=O) groups excluding carboxylic acids is 2. The van der Waals surface area contributed by atoms with E-state index in [0.29, 0.717) is 39.2 Å². The fourth-order valence-corrected chi connectivity index (χ4v) is 3.44. The molecule has 152 valence electrons. The van der Waals surface area contributed by atoms with Gasteiger partial charge in [-0.3, -0.25) is 9.59 Å². The van der Waals surface area contributed by atoms with Crippen molar-refractivity contribution in [3.8, 4) is 17.1 Å². The number of ether oxygens (including phenoxy) is 1. The lowest BCUT2D eigenvalue weighted by atomic mass is 9.91. The molecule has 2 aromatic carbocycles. The van der Waals surface area contributed by atoms with Gasteiger partial charge < -0.3 is 19.8 Å². The van der Waals surface area contributed by atoms with Gasteiger partial charge in [0.05, 0.1) is 18.2 Å². The highest BCUT2D eigenvalue weighted by Crippen LogP contribution is 2.40. The zero-order valence-electron chi connectivity index (χ0n) is 17.0. The first-order valence-electron chi connectivity index (χ1n) is 9.09. The van der Waals surface area contributed by atoms with E-state index in [0.717, 1.165) is 0 Å². The molecule has 3 rings (SSSR count). The summed E-state index contributed by atoms with van der Waals surface area (Å²) in [6.45, 7) is 5.14. The van der Waals surface area contributed by atoms with Crippen LogP contribution >= 0.6 is 0 Å². The Kier molecular flexibility index (Phi) is 5.33. The van der Waals surface area contributed by atoms with Crippen LogP contribution in [-0.2, 0) is 10.3 Å². The fraction of sp³-hybridized carbons (Fsp3) is 0.273. The van der Waals surface area contributed by atoms with E-state index in [1.165, 1.54) is 33.2 Å². The van der Waals surface area contributed by atoms with Crippen LogP contribution in [0.15, 0.2) is 40.8 Å². The Bertz CT molecular complexity index is 1080. The molecule has 0 saturated heterocycles. The van der Waals surface area contributed by atoms with Gasteiger partial charge in [-0.15, -0.1) is 0 Å². The molecule has 7 heteroatoms. The maximum atomic E-state index is 13.4. The number of methoxy groups -OCH3 is 1. The second-order valence-electron chi connectivity index (χ2n) is 7.25. The van der Waals surface area contributed by atoms with E-state index in [4.69, 9.17) is 9.15 Å². The first-order chi connectivity index (χ1) is 13.7. The summed E-state index contributed by atoms with van der Waals surface area (Å²) in [5.41, 5.74) is 1.32. The van der Waals surface area contributed by atoms with Crippen molar-refractivity contribution < 1.29 is 23.1 Å². The molecule has 2 amide bonds. The molecule has 1 heterocycles. The summed E-state index contributed by atoms with van der Waals surface area (Å²) in [5, 5.41) is 6.06. The Hall–Kier alpha value is -3.35. The van der Waals surface area contributed by atoms with Crippen LogP contribution in [0, 0.1) is 5.82 Å². The third kappa shape index (κ3) is 3.81. The zero-order chi connectivity index (χ0) is 21.3. The van der Waals surface area contributed by atoms with Gasteiger partial charge in [0, 0.05) is 30.5 Å². The van der Waals surface area contributed by atoms with Crippen molar-refractivity contribution in [1.29, 1.82) is 0 Å². The summed E-state index contributed by atoms with van der Waals surface area (Å²) < 4.78 is 24.9. The molecule has 0 aliphatic heterocycles. The Balaban J connectivity index is 2.30. The number of nitrogens with one attached hydrogen (secondary N) is 2. The molecule has 0 spiro atoms. The minimum Gasteiger partial charge on any atom is -0.496 e. The number of benzene rings is 2. The van der Waals surface area contributed by atoms with Gasteiger partial charge in [0.1, 0.15) is 22.9 Å². The zero-order valence-corrected chi connectivity index (χ0v) is 17.0. The van der Waals surface area contributed by atoms with E-state index >= 15 is 0 Å². The molecule has 0 aliphatic carbocycles. The molecule has 29 heavy (non-hydrogen) atoms. The second-order valence-corrected chi connectivity index (χ2v) is 7.25. The van der Waals surface area contributed by atoms with Crippen molar-refractivity contribution >= 4 is 22.8 Å². The van der Waals surface area contributed by atoms with E-state index in [2.05, 4.69) is 10.6 Å². The first-order valence-corrected chi connectivity index (χ1v) is 9.09. The van der Waals surface area contributed by atoms with Crippen LogP contribution < -0.4 is 15.4 Å². The Labute approximate surface area is 168 Å². The molecule has 0 fully saturated rings. The summed E-state index contributed by atoms with van der Waals surface area (Å²) in [5.74, 6) is -0.0650. The fourth-order valence-electron chi connectivity index (χ4n) is 3.44. The van der Waals surface area contributed by atoms with Gasteiger partial charge in [-0.1, -0.05) is 0 Å². The summed E-state index contributed by atoms with van der Waals surface area (Å²) in [7, 11) is 3.05. The normalized spacial score (nSPS) is 11.4. The summed E-state index contributed by atoms with van der Waals surface area (Å²) >= 11 is 0. The molecule has 3 aromatic rings. The predicted octanol–water partition coefficient (Wildman–Crippen LogP) is 3.98. The monoisotopic (exact) mass is 398 g/mol. The maximum absolute atomic E-state index is 13.4. The highest BCUT2D eigenvalue weighted by atomic mass is 19.1. The van der Waals surface area contributed by atoms with Crippen molar-refractivity contribution in [3.05, 3.63) is 53.3 Å². The van der Waals surface area contributed by atoms with Gasteiger partial charge in [-0.2, -0.15) is 0 Å².